The minimum absolute atomic E-state index is 0.243. The van der Waals surface area contributed by atoms with Crippen molar-refractivity contribution in [1.82, 2.24) is 0 Å². The second kappa shape index (κ2) is 5.27. The van der Waals surface area contributed by atoms with Gasteiger partial charge in [-0.3, -0.25) is 4.79 Å². The molecule has 0 bridgehead atoms. The fraction of sp³-hybridized carbons (Fsp3) is 0.364. The highest BCUT2D eigenvalue weighted by atomic mass is 16.5. The number of hydrogen-bond donors (Lipinski definition) is 0. The van der Waals surface area contributed by atoms with Crippen LogP contribution in [0.25, 0.3) is 0 Å². The second-order valence-corrected chi connectivity index (χ2v) is 2.94. The van der Waals surface area contributed by atoms with Gasteiger partial charge in [-0.25, -0.2) is 0 Å². The predicted molar refractivity (Wildman–Crippen MR) is 53.3 cm³/mol. The largest absolute Gasteiger partial charge is 0.497 e. The molecule has 0 spiro atoms. The van der Waals surface area contributed by atoms with E-state index in [9.17, 15) is 4.79 Å². The molecule has 0 aliphatic carbocycles. The van der Waals surface area contributed by atoms with Gasteiger partial charge in [-0.1, -0.05) is 12.1 Å². The SMILES string of the molecule is COc1cccc(CCOC(C)=O)c1. The Morgan fingerprint density at radius 3 is 2.86 bits per heavy atom. The number of benzene rings is 1. The van der Waals surface area contributed by atoms with Gasteiger partial charge in [-0.15, -0.1) is 0 Å². The summed E-state index contributed by atoms with van der Waals surface area (Å²) in [5, 5.41) is 0. The van der Waals surface area contributed by atoms with Crippen LogP contribution < -0.4 is 4.74 Å². The fourth-order valence-corrected chi connectivity index (χ4v) is 1.14. The molecule has 0 radical (unpaired) electrons. The van der Waals surface area contributed by atoms with Gasteiger partial charge in [0.1, 0.15) is 5.75 Å². The molecule has 0 N–H and O–H groups in total. The maximum atomic E-state index is 10.5. The van der Waals surface area contributed by atoms with Crippen molar-refractivity contribution in [2.45, 2.75) is 13.3 Å². The summed E-state index contributed by atoms with van der Waals surface area (Å²) in [6, 6.07) is 7.72. The summed E-state index contributed by atoms with van der Waals surface area (Å²) < 4.78 is 9.91. The molecule has 0 fully saturated rings. The molecule has 0 aromatic heterocycles. The van der Waals surface area contributed by atoms with Crippen LogP contribution in [0.5, 0.6) is 5.75 Å². The number of carbonyl (C=O) groups excluding carboxylic acids is 1. The van der Waals surface area contributed by atoms with Gasteiger partial charge < -0.3 is 9.47 Å². The first kappa shape index (κ1) is 10.6. The normalized spacial score (nSPS) is 9.57. The molecule has 0 amide bonds. The van der Waals surface area contributed by atoms with E-state index in [1.807, 2.05) is 24.3 Å². The number of ether oxygens (including phenoxy) is 2. The fourth-order valence-electron chi connectivity index (χ4n) is 1.14. The number of esters is 1. The Balaban J connectivity index is 2.46. The first-order chi connectivity index (χ1) is 6.72. The van der Waals surface area contributed by atoms with Gasteiger partial charge in [0.15, 0.2) is 0 Å². The summed E-state index contributed by atoms with van der Waals surface area (Å²) in [6.07, 6.45) is 0.719. The molecular formula is C11H14O3. The van der Waals surface area contributed by atoms with E-state index in [4.69, 9.17) is 9.47 Å². The highest BCUT2D eigenvalue weighted by Crippen LogP contribution is 2.12. The Kier molecular flexibility index (Phi) is 3.98. The minimum atomic E-state index is -0.243. The average Bonchev–Trinajstić information content (AvgIpc) is 2.18. The van der Waals surface area contributed by atoms with Crippen LogP contribution in [-0.2, 0) is 16.0 Å². The van der Waals surface area contributed by atoms with Crippen LogP contribution in [-0.4, -0.2) is 19.7 Å². The van der Waals surface area contributed by atoms with Crippen LogP contribution in [0.2, 0.25) is 0 Å². The Morgan fingerprint density at radius 2 is 2.21 bits per heavy atom. The van der Waals surface area contributed by atoms with Gasteiger partial charge in [0.25, 0.3) is 0 Å². The molecule has 0 atom stereocenters. The smallest absolute Gasteiger partial charge is 0.302 e. The Morgan fingerprint density at radius 1 is 1.43 bits per heavy atom. The Bertz CT molecular complexity index is 307. The summed E-state index contributed by atoms with van der Waals surface area (Å²) in [5.41, 5.74) is 1.10. The predicted octanol–water partition coefficient (Wildman–Crippen LogP) is 1.80. The molecule has 1 aromatic rings. The maximum absolute atomic E-state index is 10.5. The lowest BCUT2D eigenvalue weighted by Gasteiger charge is -2.04. The van der Waals surface area contributed by atoms with E-state index >= 15 is 0 Å². The lowest BCUT2D eigenvalue weighted by molar-refractivity contribution is -0.140. The summed E-state index contributed by atoms with van der Waals surface area (Å²) in [7, 11) is 1.63. The zero-order chi connectivity index (χ0) is 10.4. The topological polar surface area (TPSA) is 35.5 Å². The van der Waals surface area contributed by atoms with Crippen molar-refractivity contribution in [2.75, 3.05) is 13.7 Å². The molecule has 0 aliphatic rings. The van der Waals surface area contributed by atoms with Crippen molar-refractivity contribution >= 4 is 5.97 Å². The average molecular weight is 194 g/mol. The molecule has 0 saturated carbocycles. The molecular weight excluding hydrogens is 180 g/mol. The second-order valence-electron chi connectivity index (χ2n) is 2.94. The van der Waals surface area contributed by atoms with Gasteiger partial charge in [0.2, 0.25) is 0 Å². The minimum Gasteiger partial charge on any atom is -0.497 e. The van der Waals surface area contributed by atoms with Crippen LogP contribution in [0.15, 0.2) is 24.3 Å². The zero-order valence-corrected chi connectivity index (χ0v) is 8.45. The van der Waals surface area contributed by atoms with Gasteiger partial charge in [0, 0.05) is 13.3 Å². The third-order valence-corrected chi connectivity index (χ3v) is 1.83. The molecule has 0 saturated heterocycles. The Hall–Kier alpha value is -1.51. The van der Waals surface area contributed by atoms with Crippen molar-refractivity contribution in [3.63, 3.8) is 0 Å². The van der Waals surface area contributed by atoms with Crippen molar-refractivity contribution in [3.8, 4) is 5.75 Å². The molecule has 3 nitrogen and oxygen atoms in total. The molecule has 1 rings (SSSR count). The molecule has 1 aromatic carbocycles. The van der Waals surface area contributed by atoms with E-state index in [1.165, 1.54) is 6.92 Å². The molecule has 14 heavy (non-hydrogen) atoms. The molecule has 0 aliphatic heterocycles. The number of rotatable bonds is 4. The van der Waals surface area contributed by atoms with E-state index in [1.54, 1.807) is 7.11 Å². The van der Waals surface area contributed by atoms with Crippen molar-refractivity contribution in [1.29, 1.82) is 0 Å². The molecule has 0 heterocycles. The van der Waals surface area contributed by atoms with E-state index in [0.717, 1.165) is 17.7 Å². The Labute approximate surface area is 83.6 Å². The highest BCUT2D eigenvalue weighted by Gasteiger charge is 1.97. The van der Waals surface area contributed by atoms with Crippen molar-refractivity contribution in [3.05, 3.63) is 29.8 Å². The lowest BCUT2D eigenvalue weighted by atomic mass is 10.1. The summed E-state index contributed by atoms with van der Waals surface area (Å²) in [4.78, 5) is 10.5. The number of carbonyl (C=O) groups is 1. The van der Waals surface area contributed by atoms with Crippen LogP contribution in [0.1, 0.15) is 12.5 Å². The lowest BCUT2D eigenvalue weighted by Crippen LogP contribution is -2.03. The van der Waals surface area contributed by atoms with Crippen LogP contribution >= 0.6 is 0 Å². The molecule has 0 unspecified atom stereocenters. The van der Waals surface area contributed by atoms with Crippen LogP contribution in [0.3, 0.4) is 0 Å². The molecule has 76 valence electrons. The van der Waals surface area contributed by atoms with Gasteiger partial charge in [-0.2, -0.15) is 0 Å². The quantitative estimate of drug-likeness (QED) is 0.685. The van der Waals surface area contributed by atoms with Crippen LogP contribution in [0.4, 0.5) is 0 Å². The zero-order valence-electron chi connectivity index (χ0n) is 8.45. The maximum Gasteiger partial charge on any atom is 0.302 e. The van der Waals surface area contributed by atoms with Crippen molar-refractivity contribution in [2.24, 2.45) is 0 Å². The third-order valence-electron chi connectivity index (χ3n) is 1.83. The molecule has 3 heteroatoms. The first-order valence-electron chi connectivity index (χ1n) is 4.48. The number of hydrogen-bond acceptors (Lipinski definition) is 3. The summed E-state index contributed by atoms with van der Waals surface area (Å²) in [6.45, 7) is 1.83. The van der Waals surface area contributed by atoms with Gasteiger partial charge >= 0.3 is 5.97 Å². The summed E-state index contributed by atoms with van der Waals surface area (Å²) in [5.74, 6) is 0.582. The highest BCUT2D eigenvalue weighted by molar-refractivity contribution is 5.65. The summed E-state index contributed by atoms with van der Waals surface area (Å²) >= 11 is 0. The monoisotopic (exact) mass is 194 g/mol. The van der Waals surface area contributed by atoms with E-state index < -0.39 is 0 Å². The third kappa shape index (κ3) is 3.47. The van der Waals surface area contributed by atoms with Crippen molar-refractivity contribution < 1.29 is 14.3 Å². The standard InChI is InChI=1S/C11H14O3/c1-9(12)14-7-6-10-4-3-5-11(8-10)13-2/h3-5,8H,6-7H2,1-2H3. The van der Waals surface area contributed by atoms with E-state index in [0.29, 0.717) is 6.61 Å². The first-order valence-corrected chi connectivity index (χ1v) is 4.48. The van der Waals surface area contributed by atoms with E-state index in [2.05, 4.69) is 0 Å². The van der Waals surface area contributed by atoms with E-state index in [-0.39, 0.29) is 5.97 Å². The van der Waals surface area contributed by atoms with Gasteiger partial charge in [0.05, 0.1) is 13.7 Å². The van der Waals surface area contributed by atoms with Crippen LogP contribution in [0, 0.1) is 0 Å². The van der Waals surface area contributed by atoms with Gasteiger partial charge in [-0.05, 0) is 17.7 Å². The number of methoxy groups -OCH3 is 1.